The molecule has 76 valence electrons. The smallest absolute Gasteiger partial charge is 0.0742 e. The van der Waals surface area contributed by atoms with E-state index in [0.717, 1.165) is 13.2 Å². The van der Waals surface area contributed by atoms with Crippen LogP contribution in [0.25, 0.3) is 0 Å². The SMILES string of the molecule is Cc1ccc(C2NCCOC2C)cc1. The van der Waals surface area contributed by atoms with Gasteiger partial charge in [-0.25, -0.2) is 0 Å². The van der Waals surface area contributed by atoms with Gasteiger partial charge >= 0.3 is 0 Å². The van der Waals surface area contributed by atoms with Gasteiger partial charge in [-0.05, 0) is 19.4 Å². The standard InChI is InChI=1S/C12H17NO/c1-9-3-5-11(6-4-9)12-10(2)14-8-7-13-12/h3-6,10,12-13H,7-8H2,1-2H3. The fourth-order valence-electron chi connectivity index (χ4n) is 1.88. The van der Waals surface area contributed by atoms with Gasteiger partial charge in [-0.3, -0.25) is 0 Å². The number of rotatable bonds is 1. The Labute approximate surface area is 85.3 Å². The number of ether oxygens (including phenoxy) is 1. The molecule has 2 rings (SSSR count). The highest BCUT2D eigenvalue weighted by Crippen LogP contribution is 2.21. The van der Waals surface area contributed by atoms with Crippen molar-refractivity contribution in [2.45, 2.75) is 26.0 Å². The predicted molar refractivity (Wildman–Crippen MR) is 57.3 cm³/mol. The van der Waals surface area contributed by atoms with E-state index in [-0.39, 0.29) is 6.10 Å². The van der Waals surface area contributed by atoms with Crippen LogP contribution in [-0.4, -0.2) is 19.3 Å². The molecule has 1 aliphatic rings. The van der Waals surface area contributed by atoms with Crippen molar-refractivity contribution in [2.24, 2.45) is 0 Å². The molecule has 0 spiro atoms. The highest BCUT2D eigenvalue weighted by Gasteiger charge is 2.22. The van der Waals surface area contributed by atoms with Gasteiger partial charge in [0.25, 0.3) is 0 Å². The molecule has 0 aromatic heterocycles. The average Bonchev–Trinajstić information content (AvgIpc) is 2.20. The molecule has 0 amide bonds. The van der Waals surface area contributed by atoms with Gasteiger partial charge in [0.2, 0.25) is 0 Å². The van der Waals surface area contributed by atoms with Crippen LogP contribution < -0.4 is 5.32 Å². The summed E-state index contributed by atoms with van der Waals surface area (Å²) < 4.78 is 5.61. The maximum absolute atomic E-state index is 5.61. The summed E-state index contributed by atoms with van der Waals surface area (Å²) in [6.07, 6.45) is 0.270. The molecule has 1 saturated heterocycles. The van der Waals surface area contributed by atoms with Crippen LogP contribution in [0, 0.1) is 6.92 Å². The third-order valence-electron chi connectivity index (χ3n) is 2.75. The van der Waals surface area contributed by atoms with Crippen molar-refractivity contribution in [3.8, 4) is 0 Å². The maximum Gasteiger partial charge on any atom is 0.0742 e. The van der Waals surface area contributed by atoms with Crippen molar-refractivity contribution < 1.29 is 4.74 Å². The van der Waals surface area contributed by atoms with Crippen LogP contribution in [0.3, 0.4) is 0 Å². The Hall–Kier alpha value is -0.860. The molecule has 1 aromatic carbocycles. The summed E-state index contributed by atoms with van der Waals surface area (Å²) in [6.45, 7) is 6.00. The van der Waals surface area contributed by atoms with E-state index in [4.69, 9.17) is 4.74 Å². The molecule has 1 aliphatic heterocycles. The van der Waals surface area contributed by atoms with E-state index >= 15 is 0 Å². The largest absolute Gasteiger partial charge is 0.375 e. The van der Waals surface area contributed by atoms with E-state index in [1.165, 1.54) is 11.1 Å². The average molecular weight is 191 g/mol. The second kappa shape index (κ2) is 4.11. The lowest BCUT2D eigenvalue weighted by molar-refractivity contribution is 0.00756. The van der Waals surface area contributed by atoms with Crippen LogP contribution in [0.15, 0.2) is 24.3 Å². The quantitative estimate of drug-likeness (QED) is 0.733. The van der Waals surface area contributed by atoms with Crippen molar-refractivity contribution in [2.75, 3.05) is 13.2 Å². The van der Waals surface area contributed by atoms with E-state index in [1.54, 1.807) is 0 Å². The van der Waals surface area contributed by atoms with E-state index in [2.05, 4.69) is 43.4 Å². The lowest BCUT2D eigenvalue weighted by Gasteiger charge is -2.30. The van der Waals surface area contributed by atoms with E-state index in [9.17, 15) is 0 Å². The van der Waals surface area contributed by atoms with Crippen LogP contribution in [0.5, 0.6) is 0 Å². The molecule has 0 saturated carbocycles. The molecular weight excluding hydrogens is 174 g/mol. The topological polar surface area (TPSA) is 21.3 Å². The van der Waals surface area contributed by atoms with Crippen molar-refractivity contribution in [3.63, 3.8) is 0 Å². The number of benzene rings is 1. The summed E-state index contributed by atoms with van der Waals surface area (Å²) in [5.41, 5.74) is 2.63. The number of hydrogen-bond acceptors (Lipinski definition) is 2. The van der Waals surface area contributed by atoms with Gasteiger partial charge in [-0.15, -0.1) is 0 Å². The number of aryl methyl sites for hydroxylation is 1. The second-order valence-corrected chi connectivity index (χ2v) is 3.92. The summed E-state index contributed by atoms with van der Waals surface area (Å²) >= 11 is 0. The van der Waals surface area contributed by atoms with E-state index < -0.39 is 0 Å². The normalized spacial score (nSPS) is 27.6. The molecule has 14 heavy (non-hydrogen) atoms. The van der Waals surface area contributed by atoms with Crippen LogP contribution in [-0.2, 0) is 4.74 Å². The van der Waals surface area contributed by atoms with Crippen LogP contribution in [0.1, 0.15) is 24.1 Å². The fourth-order valence-corrected chi connectivity index (χ4v) is 1.88. The first-order chi connectivity index (χ1) is 6.77. The Morgan fingerprint density at radius 1 is 1.29 bits per heavy atom. The van der Waals surface area contributed by atoms with Crippen molar-refractivity contribution >= 4 is 0 Å². The molecule has 0 radical (unpaired) electrons. The molecule has 1 N–H and O–H groups in total. The van der Waals surface area contributed by atoms with Crippen molar-refractivity contribution in [1.29, 1.82) is 0 Å². The highest BCUT2D eigenvalue weighted by molar-refractivity contribution is 5.25. The van der Waals surface area contributed by atoms with Gasteiger partial charge in [0.15, 0.2) is 0 Å². The van der Waals surface area contributed by atoms with Crippen molar-refractivity contribution in [1.82, 2.24) is 5.32 Å². The summed E-state index contributed by atoms with van der Waals surface area (Å²) in [6, 6.07) is 9.01. The minimum absolute atomic E-state index is 0.270. The summed E-state index contributed by atoms with van der Waals surface area (Å²) in [7, 11) is 0. The number of hydrogen-bond donors (Lipinski definition) is 1. The Kier molecular flexibility index (Phi) is 2.85. The second-order valence-electron chi connectivity index (χ2n) is 3.92. The fraction of sp³-hybridized carbons (Fsp3) is 0.500. The van der Waals surface area contributed by atoms with Gasteiger partial charge in [0.05, 0.1) is 18.8 Å². The third-order valence-corrected chi connectivity index (χ3v) is 2.75. The first kappa shape index (κ1) is 9.69. The van der Waals surface area contributed by atoms with Gasteiger partial charge in [-0.2, -0.15) is 0 Å². The highest BCUT2D eigenvalue weighted by atomic mass is 16.5. The monoisotopic (exact) mass is 191 g/mol. The lowest BCUT2D eigenvalue weighted by Crippen LogP contribution is -2.40. The minimum Gasteiger partial charge on any atom is -0.375 e. The Morgan fingerprint density at radius 2 is 2.00 bits per heavy atom. The van der Waals surface area contributed by atoms with Crippen LogP contribution >= 0.6 is 0 Å². The Bertz CT molecular complexity index is 294. The Balaban J connectivity index is 2.16. The molecule has 0 bridgehead atoms. The predicted octanol–water partition coefficient (Wildman–Crippen LogP) is 2.04. The van der Waals surface area contributed by atoms with Gasteiger partial charge in [0.1, 0.15) is 0 Å². The maximum atomic E-state index is 5.61. The molecule has 2 unspecified atom stereocenters. The van der Waals surface area contributed by atoms with Gasteiger partial charge < -0.3 is 10.1 Å². The Morgan fingerprint density at radius 3 is 2.64 bits per heavy atom. The molecule has 1 aromatic rings. The molecule has 2 heteroatoms. The van der Waals surface area contributed by atoms with Gasteiger partial charge in [-0.1, -0.05) is 29.8 Å². The summed E-state index contributed by atoms with van der Waals surface area (Å²) in [5, 5.41) is 3.48. The molecular formula is C12H17NO. The molecule has 1 fully saturated rings. The first-order valence-corrected chi connectivity index (χ1v) is 5.19. The van der Waals surface area contributed by atoms with Crippen molar-refractivity contribution in [3.05, 3.63) is 35.4 Å². The zero-order valence-corrected chi connectivity index (χ0v) is 8.79. The van der Waals surface area contributed by atoms with Crippen LogP contribution in [0.2, 0.25) is 0 Å². The summed E-state index contributed by atoms with van der Waals surface area (Å²) in [4.78, 5) is 0. The first-order valence-electron chi connectivity index (χ1n) is 5.19. The zero-order valence-electron chi connectivity index (χ0n) is 8.79. The van der Waals surface area contributed by atoms with Gasteiger partial charge in [0, 0.05) is 6.54 Å². The molecule has 2 nitrogen and oxygen atoms in total. The molecule has 1 heterocycles. The zero-order chi connectivity index (χ0) is 9.97. The molecule has 2 atom stereocenters. The van der Waals surface area contributed by atoms with E-state index in [0.29, 0.717) is 6.04 Å². The van der Waals surface area contributed by atoms with Crippen LogP contribution in [0.4, 0.5) is 0 Å². The third kappa shape index (κ3) is 1.97. The summed E-state index contributed by atoms with van der Waals surface area (Å²) in [5.74, 6) is 0. The van der Waals surface area contributed by atoms with E-state index in [1.807, 2.05) is 0 Å². The minimum atomic E-state index is 0.270. The lowest BCUT2D eigenvalue weighted by atomic mass is 10.0. The number of nitrogens with one attached hydrogen (secondary N) is 1. The number of morpholine rings is 1. The molecule has 0 aliphatic carbocycles.